The Morgan fingerprint density at radius 2 is 2.00 bits per heavy atom. The second kappa shape index (κ2) is 6.75. The van der Waals surface area contributed by atoms with Gasteiger partial charge in [0.15, 0.2) is 0 Å². The molecule has 0 aromatic carbocycles. The Balaban J connectivity index is 1.50. The maximum Gasteiger partial charge on any atom is 0.128 e. The molecular formula is C17H28N4. The van der Waals surface area contributed by atoms with Crippen LogP contribution in [0.4, 0.5) is 5.82 Å². The van der Waals surface area contributed by atoms with Gasteiger partial charge in [-0.25, -0.2) is 4.98 Å². The summed E-state index contributed by atoms with van der Waals surface area (Å²) in [6.45, 7) is 8.02. The highest BCUT2D eigenvalue weighted by Gasteiger charge is 2.26. The summed E-state index contributed by atoms with van der Waals surface area (Å²) in [5.41, 5.74) is 7.25. The molecule has 4 nitrogen and oxygen atoms in total. The van der Waals surface area contributed by atoms with Crippen molar-refractivity contribution in [3.8, 4) is 0 Å². The van der Waals surface area contributed by atoms with Crippen LogP contribution in [-0.4, -0.2) is 48.6 Å². The first-order chi connectivity index (χ1) is 10.2. The fourth-order valence-electron chi connectivity index (χ4n) is 3.00. The highest BCUT2D eigenvalue weighted by molar-refractivity contribution is 5.40. The van der Waals surface area contributed by atoms with E-state index in [1.165, 1.54) is 38.0 Å². The monoisotopic (exact) mass is 288 g/mol. The minimum absolute atomic E-state index is 0.253. The van der Waals surface area contributed by atoms with Crippen LogP contribution in [0.25, 0.3) is 0 Å². The molecule has 0 spiro atoms. The molecule has 1 aliphatic heterocycles. The predicted molar refractivity (Wildman–Crippen MR) is 87.6 cm³/mol. The van der Waals surface area contributed by atoms with Gasteiger partial charge in [-0.1, -0.05) is 13.0 Å². The van der Waals surface area contributed by atoms with Crippen LogP contribution in [-0.2, 0) is 6.42 Å². The Morgan fingerprint density at radius 3 is 2.57 bits per heavy atom. The zero-order valence-corrected chi connectivity index (χ0v) is 13.2. The summed E-state index contributed by atoms with van der Waals surface area (Å²) < 4.78 is 0. The van der Waals surface area contributed by atoms with E-state index in [0.717, 1.165) is 37.7 Å². The molecule has 1 atom stereocenters. The molecule has 1 unspecified atom stereocenters. The minimum Gasteiger partial charge on any atom is -0.354 e. The normalized spacial score (nSPS) is 21.5. The molecule has 4 heteroatoms. The third-order valence-electron chi connectivity index (χ3n) is 4.74. The Labute approximate surface area is 128 Å². The lowest BCUT2D eigenvalue weighted by molar-refractivity contribution is 0.247. The number of piperazine rings is 1. The second-order valence-corrected chi connectivity index (χ2v) is 6.63. The van der Waals surface area contributed by atoms with Crippen molar-refractivity contribution in [2.45, 2.75) is 38.6 Å². The third kappa shape index (κ3) is 4.17. The summed E-state index contributed by atoms with van der Waals surface area (Å²) in [6, 6.07) is 4.60. The standard InChI is InChI=1S/C17H28N4/c1-2-16(18)11-15-5-6-17(19-12-15)21-9-7-20(8-10-21)13-14-3-4-14/h5-6,12,14,16H,2-4,7-11,13,18H2,1H3. The van der Waals surface area contributed by atoms with Crippen molar-refractivity contribution in [2.24, 2.45) is 11.7 Å². The van der Waals surface area contributed by atoms with Crippen molar-refractivity contribution in [2.75, 3.05) is 37.6 Å². The molecule has 0 radical (unpaired) electrons. The topological polar surface area (TPSA) is 45.4 Å². The zero-order chi connectivity index (χ0) is 14.7. The number of rotatable bonds is 6. The van der Waals surface area contributed by atoms with E-state index < -0.39 is 0 Å². The molecule has 0 bridgehead atoms. The van der Waals surface area contributed by atoms with Gasteiger partial charge in [0.25, 0.3) is 0 Å². The second-order valence-electron chi connectivity index (χ2n) is 6.63. The number of nitrogens with two attached hydrogens (primary N) is 1. The maximum atomic E-state index is 6.00. The quantitative estimate of drug-likeness (QED) is 0.868. The van der Waals surface area contributed by atoms with Gasteiger partial charge < -0.3 is 10.6 Å². The molecule has 1 aromatic rings. The summed E-state index contributed by atoms with van der Waals surface area (Å²) in [5.74, 6) is 2.12. The molecule has 2 N–H and O–H groups in total. The van der Waals surface area contributed by atoms with E-state index in [2.05, 4.69) is 33.8 Å². The van der Waals surface area contributed by atoms with E-state index in [0.29, 0.717) is 0 Å². The molecule has 3 rings (SSSR count). The van der Waals surface area contributed by atoms with Crippen LogP contribution in [0.15, 0.2) is 18.3 Å². The number of hydrogen-bond acceptors (Lipinski definition) is 4. The summed E-state index contributed by atoms with van der Waals surface area (Å²) >= 11 is 0. The van der Waals surface area contributed by atoms with Crippen LogP contribution in [0.2, 0.25) is 0 Å². The Hall–Kier alpha value is -1.13. The van der Waals surface area contributed by atoms with E-state index in [4.69, 9.17) is 5.73 Å². The van der Waals surface area contributed by atoms with Gasteiger partial charge in [-0.15, -0.1) is 0 Å². The Morgan fingerprint density at radius 1 is 1.24 bits per heavy atom. The van der Waals surface area contributed by atoms with E-state index in [1.54, 1.807) is 0 Å². The first-order valence-corrected chi connectivity index (χ1v) is 8.42. The van der Waals surface area contributed by atoms with Crippen molar-refractivity contribution < 1.29 is 0 Å². The van der Waals surface area contributed by atoms with Crippen molar-refractivity contribution in [3.63, 3.8) is 0 Å². The molecule has 116 valence electrons. The summed E-state index contributed by atoms with van der Waals surface area (Å²) in [6.07, 6.45) is 6.84. The number of pyridine rings is 1. The van der Waals surface area contributed by atoms with Crippen LogP contribution in [0.5, 0.6) is 0 Å². The number of aromatic nitrogens is 1. The minimum atomic E-state index is 0.253. The lowest BCUT2D eigenvalue weighted by Crippen LogP contribution is -2.47. The third-order valence-corrected chi connectivity index (χ3v) is 4.74. The Kier molecular flexibility index (Phi) is 4.76. The maximum absolute atomic E-state index is 6.00. The molecule has 2 fully saturated rings. The molecule has 0 amide bonds. The molecular weight excluding hydrogens is 260 g/mol. The number of nitrogens with zero attached hydrogens (tertiary/aromatic N) is 3. The van der Waals surface area contributed by atoms with E-state index in [1.807, 2.05) is 6.20 Å². The van der Waals surface area contributed by atoms with E-state index >= 15 is 0 Å². The lowest BCUT2D eigenvalue weighted by atomic mass is 10.1. The van der Waals surface area contributed by atoms with E-state index in [-0.39, 0.29) is 6.04 Å². The highest BCUT2D eigenvalue weighted by Crippen LogP contribution is 2.30. The SMILES string of the molecule is CCC(N)Cc1ccc(N2CCN(CC3CC3)CC2)nc1. The molecule has 1 saturated carbocycles. The average Bonchev–Trinajstić information content (AvgIpc) is 3.33. The summed E-state index contributed by atoms with van der Waals surface area (Å²) in [4.78, 5) is 9.66. The highest BCUT2D eigenvalue weighted by atomic mass is 15.3. The number of anilines is 1. The van der Waals surface area contributed by atoms with E-state index in [9.17, 15) is 0 Å². The molecule has 2 heterocycles. The molecule has 1 aliphatic carbocycles. The molecule has 1 saturated heterocycles. The fourth-order valence-corrected chi connectivity index (χ4v) is 3.00. The molecule has 1 aromatic heterocycles. The van der Waals surface area contributed by atoms with Gasteiger partial charge in [0.1, 0.15) is 5.82 Å². The van der Waals surface area contributed by atoms with Gasteiger partial charge in [0.05, 0.1) is 0 Å². The predicted octanol–water partition coefficient (Wildman–Crippen LogP) is 1.89. The van der Waals surface area contributed by atoms with Crippen molar-refractivity contribution >= 4 is 5.82 Å². The lowest BCUT2D eigenvalue weighted by Gasteiger charge is -2.35. The summed E-state index contributed by atoms with van der Waals surface area (Å²) in [5, 5.41) is 0. The Bertz CT molecular complexity index is 433. The van der Waals surface area contributed by atoms with Crippen LogP contribution in [0.3, 0.4) is 0 Å². The van der Waals surface area contributed by atoms with Crippen LogP contribution in [0, 0.1) is 5.92 Å². The van der Waals surface area contributed by atoms with Crippen LogP contribution < -0.4 is 10.6 Å². The van der Waals surface area contributed by atoms with Gasteiger partial charge in [-0.05, 0) is 43.2 Å². The van der Waals surface area contributed by atoms with Gasteiger partial charge in [-0.2, -0.15) is 0 Å². The fraction of sp³-hybridized carbons (Fsp3) is 0.706. The summed E-state index contributed by atoms with van der Waals surface area (Å²) in [7, 11) is 0. The van der Waals surface area contributed by atoms with Crippen LogP contribution >= 0.6 is 0 Å². The van der Waals surface area contributed by atoms with Crippen molar-refractivity contribution in [1.29, 1.82) is 0 Å². The van der Waals surface area contributed by atoms with Gasteiger partial charge in [0, 0.05) is 45.0 Å². The van der Waals surface area contributed by atoms with Gasteiger partial charge in [-0.3, -0.25) is 4.90 Å². The van der Waals surface area contributed by atoms with Gasteiger partial charge in [0.2, 0.25) is 0 Å². The largest absolute Gasteiger partial charge is 0.354 e. The zero-order valence-electron chi connectivity index (χ0n) is 13.2. The first-order valence-electron chi connectivity index (χ1n) is 8.42. The smallest absolute Gasteiger partial charge is 0.128 e. The molecule has 2 aliphatic rings. The van der Waals surface area contributed by atoms with Crippen molar-refractivity contribution in [1.82, 2.24) is 9.88 Å². The number of hydrogen-bond donors (Lipinski definition) is 1. The first kappa shape index (κ1) is 14.8. The molecule has 21 heavy (non-hydrogen) atoms. The van der Waals surface area contributed by atoms with Crippen molar-refractivity contribution in [3.05, 3.63) is 23.9 Å². The average molecular weight is 288 g/mol. The van der Waals surface area contributed by atoms with Crippen LogP contribution in [0.1, 0.15) is 31.7 Å². The van der Waals surface area contributed by atoms with Gasteiger partial charge >= 0.3 is 0 Å².